The van der Waals surface area contributed by atoms with Crippen molar-refractivity contribution in [2.45, 2.75) is 52.0 Å². The van der Waals surface area contributed by atoms with Crippen molar-refractivity contribution in [2.24, 2.45) is 17.8 Å². The number of rotatable bonds is 6. The van der Waals surface area contributed by atoms with Crippen molar-refractivity contribution in [3.8, 4) is 0 Å². The first-order valence-electron chi connectivity index (χ1n) is 10.1. The van der Waals surface area contributed by atoms with Crippen LogP contribution in [0.15, 0.2) is 54.6 Å². The van der Waals surface area contributed by atoms with Gasteiger partial charge in [0.05, 0.1) is 6.10 Å². The third-order valence-electron chi connectivity index (χ3n) is 5.87. The summed E-state index contributed by atoms with van der Waals surface area (Å²) < 4.78 is 34.9. The maximum Gasteiger partial charge on any atom is 0.264 e. The lowest BCUT2D eigenvalue weighted by atomic mass is 9.75. The Morgan fingerprint density at radius 2 is 1.71 bits per heavy atom. The van der Waals surface area contributed by atoms with E-state index in [1.165, 1.54) is 12.1 Å². The van der Waals surface area contributed by atoms with Crippen LogP contribution in [0.25, 0.3) is 0 Å². The molecule has 0 aliphatic heterocycles. The first kappa shape index (κ1) is 21.2. The van der Waals surface area contributed by atoms with E-state index in [2.05, 4.69) is 20.8 Å². The molecule has 5 heteroatoms. The molecule has 1 N–H and O–H groups in total. The van der Waals surface area contributed by atoms with E-state index in [9.17, 15) is 14.1 Å². The van der Waals surface area contributed by atoms with E-state index >= 15 is 0 Å². The summed E-state index contributed by atoms with van der Waals surface area (Å²) >= 11 is 0. The van der Waals surface area contributed by atoms with Gasteiger partial charge in [0.25, 0.3) is 7.37 Å². The van der Waals surface area contributed by atoms with Crippen molar-refractivity contribution >= 4 is 12.7 Å². The molecule has 0 bridgehead atoms. The van der Waals surface area contributed by atoms with E-state index in [4.69, 9.17) is 4.52 Å². The van der Waals surface area contributed by atoms with Crippen LogP contribution in [0.2, 0.25) is 0 Å². The van der Waals surface area contributed by atoms with E-state index in [-0.39, 0.29) is 17.6 Å². The maximum absolute atomic E-state index is 14.4. The monoisotopic (exact) mass is 404 g/mol. The van der Waals surface area contributed by atoms with Gasteiger partial charge < -0.3 is 9.63 Å². The van der Waals surface area contributed by atoms with Crippen LogP contribution < -0.4 is 5.30 Å². The van der Waals surface area contributed by atoms with Gasteiger partial charge in [-0.15, -0.1) is 0 Å². The van der Waals surface area contributed by atoms with Crippen molar-refractivity contribution < 1.29 is 18.6 Å². The smallest absolute Gasteiger partial charge is 0.264 e. The topological polar surface area (TPSA) is 46.5 Å². The lowest BCUT2D eigenvalue weighted by molar-refractivity contribution is 0.0425. The SMILES string of the molecule is CC1CCC(C(C)C)C(OP(=O)(c2ccccc2)C(O)c2ccccc2F)C1. The number of halogens is 1. The van der Waals surface area contributed by atoms with Crippen LogP contribution in [-0.2, 0) is 9.09 Å². The van der Waals surface area contributed by atoms with Crippen LogP contribution in [0.4, 0.5) is 4.39 Å². The van der Waals surface area contributed by atoms with Crippen LogP contribution in [0.1, 0.15) is 51.4 Å². The highest BCUT2D eigenvalue weighted by molar-refractivity contribution is 7.67. The molecule has 1 aliphatic carbocycles. The average Bonchev–Trinajstić information content (AvgIpc) is 2.68. The van der Waals surface area contributed by atoms with Crippen molar-refractivity contribution in [2.75, 3.05) is 0 Å². The van der Waals surface area contributed by atoms with Gasteiger partial charge >= 0.3 is 0 Å². The first-order valence-corrected chi connectivity index (χ1v) is 11.8. The fourth-order valence-electron chi connectivity index (χ4n) is 4.20. The lowest BCUT2D eigenvalue weighted by Crippen LogP contribution is -2.35. The Morgan fingerprint density at radius 3 is 2.36 bits per heavy atom. The zero-order valence-electron chi connectivity index (χ0n) is 16.8. The third kappa shape index (κ3) is 4.40. The lowest BCUT2D eigenvalue weighted by Gasteiger charge is -2.39. The predicted octanol–water partition coefficient (Wildman–Crippen LogP) is 5.90. The molecule has 3 nitrogen and oxygen atoms in total. The Hall–Kier alpha value is -1.48. The molecule has 0 saturated heterocycles. The molecule has 2 aromatic rings. The molecule has 0 heterocycles. The highest BCUT2D eigenvalue weighted by Crippen LogP contribution is 2.60. The van der Waals surface area contributed by atoms with Gasteiger partial charge in [0.1, 0.15) is 5.82 Å². The zero-order chi connectivity index (χ0) is 20.3. The molecule has 0 spiro atoms. The summed E-state index contributed by atoms with van der Waals surface area (Å²) in [6, 6.07) is 14.7. The van der Waals surface area contributed by atoms with Crippen LogP contribution in [0.3, 0.4) is 0 Å². The second-order valence-corrected chi connectivity index (χ2v) is 10.7. The maximum atomic E-state index is 14.4. The number of benzene rings is 2. The van der Waals surface area contributed by atoms with Crippen LogP contribution in [0, 0.1) is 23.6 Å². The van der Waals surface area contributed by atoms with E-state index < -0.39 is 19.0 Å². The summed E-state index contributed by atoms with van der Waals surface area (Å²) in [4.78, 5) is 0. The van der Waals surface area contributed by atoms with E-state index in [1.54, 1.807) is 36.4 Å². The Labute approximate surface area is 167 Å². The minimum Gasteiger partial charge on any atom is -0.378 e. The van der Waals surface area contributed by atoms with Gasteiger partial charge in [-0.05, 0) is 48.8 Å². The Bertz CT molecular complexity index is 824. The van der Waals surface area contributed by atoms with Gasteiger partial charge in [-0.2, -0.15) is 0 Å². The minimum absolute atomic E-state index is 0.0136. The van der Waals surface area contributed by atoms with E-state index in [0.717, 1.165) is 19.3 Å². The molecule has 3 rings (SSSR count). The molecule has 0 amide bonds. The molecule has 5 atom stereocenters. The Kier molecular flexibility index (Phi) is 6.75. The fourth-order valence-corrected chi connectivity index (χ4v) is 6.53. The molecule has 1 aliphatic rings. The van der Waals surface area contributed by atoms with Gasteiger partial charge in [-0.1, -0.05) is 63.6 Å². The summed E-state index contributed by atoms with van der Waals surface area (Å²) in [5.41, 5.74) is 0.0136. The van der Waals surface area contributed by atoms with Gasteiger partial charge in [-0.25, -0.2) is 4.39 Å². The normalized spacial score (nSPS) is 26.0. The van der Waals surface area contributed by atoms with Gasteiger partial charge in [0.15, 0.2) is 5.85 Å². The molecule has 1 saturated carbocycles. The molecule has 5 unspecified atom stereocenters. The summed E-state index contributed by atoms with van der Waals surface area (Å²) in [6.07, 6.45) is 2.70. The standard InChI is InChI=1S/C23H30FO3P/c1-16(2)19-14-13-17(3)15-22(19)27-28(26,18-9-5-4-6-10-18)23(25)20-11-7-8-12-21(20)24/h4-12,16-17,19,22-23,25H,13-15H2,1-3H3. The molecule has 152 valence electrons. The number of aliphatic hydroxyl groups is 1. The summed E-state index contributed by atoms with van der Waals surface area (Å²) in [5, 5.41) is 11.5. The highest BCUT2D eigenvalue weighted by atomic mass is 31.2. The quantitative estimate of drug-likeness (QED) is 0.610. The predicted molar refractivity (Wildman–Crippen MR) is 111 cm³/mol. The van der Waals surface area contributed by atoms with Crippen molar-refractivity contribution in [3.05, 3.63) is 66.0 Å². The van der Waals surface area contributed by atoms with Crippen molar-refractivity contribution in [1.29, 1.82) is 0 Å². The summed E-state index contributed by atoms with van der Waals surface area (Å²) in [5.74, 6) is -1.00. The molecular formula is C23H30FO3P. The second kappa shape index (κ2) is 8.90. The van der Waals surface area contributed by atoms with Gasteiger partial charge in [-0.3, -0.25) is 4.57 Å². The number of hydrogen-bond donors (Lipinski definition) is 1. The Balaban J connectivity index is 2.02. The molecule has 2 aromatic carbocycles. The fraction of sp³-hybridized carbons (Fsp3) is 0.478. The summed E-state index contributed by atoms with van der Waals surface area (Å²) in [7, 11) is -3.77. The highest BCUT2D eigenvalue weighted by Gasteiger charge is 2.43. The number of hydrogen-bond acceptors (Lipinski definition) is 3. The second-order valence-electron chi connectivity index (χ2n) is 8.30. The minimum atomic E-state index is -3.77. The van der Waals surface area contributed by atoms with Crippen molar-refractivity contribution in [3.63, 3.8) is 0 Å². The van der Waals surface area contributed by atoms with Crippen LogP contribution in [-0.4, -0.2) is 11.2 Å². The van der Waals surface area contributed by atoms with E-state index in [0.29, 0.717) is 17.1 Å². The summed E-state index contributed by atoms with van der Waals surface area (Å²) in [6.45, 7) is 6.48. The molecule has 0 radical (unpaired) electrons. The first-order chi connectivity index (χ1) is 13.3. The van der Waals surface area contributed by atoms with Crippen molar-refractivity contribution in [1.82, 2.24) is 0 Å². The molecule has 28 heavy (non-hydrogen) atoms. The largest absolute Gasteiger partial charge is 0.378 e. The zero-order valence-corrected chi connectivity index (χ0v) is 17.7. The van der Waals surface area contributed by atoms with Gasteiger partial charge in [0, 0.05) is 10.9 Å². The number of aliphatic hydroxyl groups excluding tert-OH is 1. The Morgan fingerprint density at radius 1 is 1.07 bits per heavy atom. The molecule has 0 aromatic heterocycles. The van der Waals surface area contributed by atoms with E-state index in [1.807, 2.05) is 6.07 Å². The third-order valence-corrected chi connectivity index (χ3v) is 8.40. The molecular weight excluding hydrogens is 374 g/mol. The molecule has 1 fully saturated rings. The van der Waals surface area contributed by atoms with Crippen LogP contribution in [0.5, 0.6) is 0 Å². The van der Waals surface area contributed by atoms with Gasteiger partial charge in [0.2, 0.25) is 0 Å². The van der Waals surface area contributed by atoms with Crippen LogP contribution >= 0.6 is 7.37 Å². The average molecular weight is 404 g/mol.